The van der Waals surface area contributed by atoms with Crippen molar-refractivity contribution < 1.29 is 24.4 Å². The molecule has 0 aromatic carbocycles. The molecule has 0 saturated carbocycles. The fraction of sp³-hybridized carbons (Fsp3) is 0.750. The maximum atomic E-state index is 10.6. The SMILES string of the molecule is COc1cc(N2CCC3(CC2)OCC[C@@](C)(O)[C@@H]3O)nc(OC)n1. The lowest BCUT2D eigenvalue weighted by Gasteiger charge is -2.51. The molecule has 134 valence electrons. The van der Waals surface area contributed by atoms with E-state index in [2.05, 4.69) is 14.9 Å². The van der Waals surface area contributed by atoms with Crippen molar-refractivity contribution in [1.82, 2.24) is 9.97 Å². The first kappa shape index (κ1) is 17.2. The van der Waals surface area contributed by atoms with E-state index in [0.29, 0.717) is 50.7 Å². The van der Waals surface area contributed by atoms with Crippen molar-refractivity contribution in [1.29, 1.82) is 0 Å². The summed E-state index contributed by atoms with van der Waals surface area (Å²) in [5.74, 6) is 1.15. The van der Waals surface area contributed by atoms with E-state index in [1.165, 1.54) is 7.11 Å². The molecule has 2 fully saturated rings. The summed E-state index contributed by atoms with van der Waals surface area (Å²) < 4.78 is 16.2. The van der Waals surface area contributed by atoms with Crippen LogP contribution in [0, 0.1) is 0 Å². The average molecular weight is 339 g/mol. The topological polar surface area (TPSA) is 97.2 Å². The molecular weight excluding hydrogens is 314 g/mol. The Balaban J connectivity index is 1.75. The fourth-order valence-electron chi connectivity index (χ4n) is 3.53. The minimum Gasteiger partial charge on any atom is -0.481 e. The van der Waals surface area contributed by atoms with Gasteiger partial charge in [-0.25, -0.2) is 0 Å². The quantitative estimate of drug-likeness (QED) is 0.815. The van der Waals surface area contributed by atoms with Crippen LogP contribution in [0.5, 0.6) is 11.9 Å². The molecule has 0 amide bonds. The van der Waals surface area contributed by atoms with Crippen molar-refractivity contribution in [3.63, 3.8) is 0 Å². The molecule has 2 aliphatic heterocycles. The number of piperidine rings is 1. The number of aliphatic hydroxyl groups is 2. The number of methoxy groups -OCH3 is 2. The molecule has 1 aromatic heterocycles. The van der Waals surface area contributed by atoms with Crippen LogP contribution in [0.1, 0.15) is 26.2 Å². The lowest BCUT2D eigenvalue weighted by molar-refractivity contribution is -0.239. The number of nitrogens with zero attached hydrogens (tertiary/aromatic N) is 3. The third-order valence-corrected chi connectivity index (χ3v) is 5.08. The molecule has 1 spiro atoms. The van der Waals surface area contributed by atoms with Crippen molar-refractivity contribution >= 4 is 5.82 Å². The molecule has 2 N–H and O–H groups in total. The van der Waals surface area contributed by atoms with E-state index in [0.717, 1.165) is 0 Å². The Morgan fingerprint density at radius 3 is 2.54 bits per heavy atom. The molecule has 3 rings (SSSR count). The zero-order valence-corrected chi connectivity index (χ0v) is 14.4. The van der Waals surface area contributed by atoms with Crippen LogP contribution in [0.15, 0.2) is 6.07 Å². The van der Waals surface area contributed by atoms with Crippen LogP contribution in [0.3, 0.4) is 0 Å². The van der Waals surface area contributed by atoms with E-state index < -0.39 is 17.3 Å². The maximum absolute atomic E-state index is 10.6. The van der Waals surface area contributed by atoms with E-state index in [-0.39, 0.29) is 6.01 Å². The minimum atomic E-state index is -1.11. The van der Waals surface area contributed by atoms with Crippen molar-refractivity contribution in [2.45, 2.75) is 43.5 Å². The Morgan fingerprint density at radius 2 is 1.92 bits per heavy atom. The molecular formula is C16H25N3O5. The van der Waals surface area contributed by atoms with Gasteiger partial charge in [-0.2, -0.15) is 9.97 Å². The van der Waals surface area contributed by atoms with Gasteiger partial charge in [0.25, 0.3) is 0 Å². The van der Waals surface area contributed by atoms with Crippen LogP contribution in [0.4, 0.5) is 5.82 Å². The average Bonchev–Trinajstić information content (AvgIpc) is 2.60. The third kappa shape index (κ3) is 3.01. The standard InChI is InChI=1S/C16H25N3O5/c1-15(21)6-9-24-16(13(15)20)4-7-19(8-5-16)11-10-12(22-2)18-14(17-11)23-3/h10,13,20-21H,4-9H2,1-3H3/t13-,15+/m0/s1. The van der Waals surface area contributed by atoms with E-state index in [4.69, 9.17) is 14.2 Å². The molecule has 2 saturated heterocycles. The molecule has 8 heteroatoms. The molecule has 3 heterocycles. The predicted molar refractivity (Wildman–Crippen MR) is 86.5 cm³/mol. The van der Waals surface area contributed by atoms with Gasteiger partial charge in [-0.3, -0.25) is 0 Å². The molecule has 0 radical (unpaired) electrons. The third-order valence-electron chi connectivity index (χ3n) is 5.08. The monoisotopic (exact) mass is 339 g/mol. The highest BCUT2D eigenvalue weighted by Gasteiger charge is 2.52. The van der Waals surface area contributed by atoms with Crippen LogP contribution in [-0.4, -0.2) is 71.4 Å². The molecule has 0 unspecified atom stereocenters. The van der Waals surface area contributed by atoms with Crippen LogP contribution in [-0.2, 0) is 4.74 Å². The largest absolute Gasteiger partial charge is 0.481 e. The maximum Gasteiger partial charge on any atom is 0.321 e. The van der Waals surface area contributed by atoms with Gasteiger partial charge < -0.3 is 29.3 Å². The van der Waals surface area contributed by atoms with Crippen molar-refractivity contribution in [2.75, 3.05) is 38.8 Å². The zero-order valence-electron chi connectivity index (χ0n) is 14.4. The summed E-state index contributed by atoms with van der Waals surface area (Å²) >= 11 is 0. The molecule has 24 heavy (non-hydrogen) atoms. The van der Waals surface area contributed by atoms with Crippen LogP contribution < -0.4 is 14.4 Å². The Kier molecular flexibility index (Phi) is 4.54. The second-order valence-corrected chi connectivity index (χ2v) is 6.67. The first-order valence-corrected chi connectivity index (χ1v) is 8.17. The minimum absolute atomic E-state index is 0.251. The molecule has 2 atom stereocenters. The summed E-state index contributed by atoms with van der Waals surface area (Å²) in [5, 5.41) is 21.0. The normalized spacial score (nSPS) is 29.5. The number of rotatable bonds is 3. The number of ether oxygens (including phenoxy) is 3. The summed E-state index contributed by atoms with van der Waals surface area (Å²) in [7, 11) is 3.06. The van der Waals surface area contributed by atoms with Gasteiger partial charge in [0.05, 0.1) is 26.4 Å². The first-order valence-electron chi connectivity index (χ1n) is 8.17. The van der Waals surface area contributed by atoms with Gasteiger partial charge in [-0.1, -0.05) is 0 Å². The van der Waals surface area contributed by atoms with Crippen molar-refractivity contribution in [3.05, 3.63) is 6.07 Å². The Bertz CT molecular complexity index is 565. The van der Waals surface area contributed by atoms with Crippen LogP contribution in [0.25, 0.3) is 0 Å². The van der Waals surface area contributed by atoms with Gasteiger partial charge in [-0.05, 0) is 19.8 Å². The number of aliphatic hydroxyl groups excluding tert-OH is 1. The molecule has 8 nitrogen and oxygen atoms in total. The Labute approximate surface area is 141 Å². The molecule has 0 aliphatic carbocycles. The number of hydrogen-bond acceptors (Lipinski definition) is 8. The summed E-state index contributed by atoms with van der Waals surface area (Å²) in [6.07, 6.45) is 0.771. The second kappa shape index (κ2) is 6.34. The summed E-state index contributed by atoms with van der Waals surface area (Å²) in [6, 6.07) is 2.01. The van der Waals surface area contributed by atoms with Gasteiger partial charge in [0.15, 0.2) is 0 Å². The Morgan fingerprint density at radius 1 is 1.21 bits per heavy atom. The highest BCUT2D eigenvalue weighted by molar-refractivity contribution is 5.43. The lowest BCUT2D eigenvalue weighted by atomic mass is 9.75. The van der Waals surface area contributed by atoms with Crippen LogP contribution in [0.2, 0.25) is 0 Å². The highest BCUT2D eigenvalue weighted by Crippen LogP contribution is 2.40. The second-order valence-electron chi connectivity index (χ2n) is 6.67. The summed E-state index contributed by atoms with van der Waals surface area (Å²) in [5.41, 5.74) is -1.80. The lowest BCUT2D eigenvalue weighted by Crippen LogP contribution is -2.64. The molecule has 1 aromatic rings. The van der Waals surface area contributed by atoms with Crippen LogP contribution >= 0.6 is 0 Å². The predicted octanol–water partition coefficient (Wildman–Crippen LogP) is 0.365. The van der Waals surface area contributed by atoms with Crippen molar-refractivity contribution in [3.8, 4) is 11.9 Å². The van der Waals surface area contributed by atoms with E-state index in [9.17, 15) is 10.2 Å². The fourth-order valence-corrected chi connectivity index (χ4v) is 3.53. The Hall–Kier alpha value is -1.64. The van der Waals surface area contributed by atoms with Crippen molar-refractivity contribution in [2.24, 2.45) is 0 Å². The van der Waals surface area contributed by atoms with E-state index in [1.54, 1.807) is 20.1 Å². The number of aromatic nitrogens is 2. The number of hydrogen-bond donors (Lipinski definition) is 2. The first-order chi connectivity index (χ1) is 11.4. The molecule has 2 aliphatic rings. The van der Waals surface area contributed by atoms with E-state index in [1.807, 2.05) is 0 Å². The summed E-state index contributed by atoms with van der Waals surface area (Å²) in [4.78, 5) is 10.5. The molecule has 0 bridgehead atoms. The van der Waals surface area contributed by atoms with Gasteiger partial charge in [0.2, 0.25) is 5.88 Å². The smallest absolute Gasteiger partial charge is 0.321 e. The van der Waals surface area contributed by atoms with Gasteiger partial charge in [-0.15, -0.1) is 0 Å². The van der Waals surface area contributed by atoms with E-state index >= 15 is 0 Å². The van der Waals surface area contributed by atoms with Gasteiger partial charge in [0.1, 0.15) is 17.5 Å². The van der Waals surface area contributed by atoms with Gasteiger partial charge in [0, 0.05) is 25.6 Å². The number of anilines is 1. The summed E-state index contributed by atoms with van der Waals surface area (Å²) in [6.45, 7) is 3.43. The van der Waals surface area contributed by atoms with Gasteiger partial charge >= 0.3 is 6.01 Å². The zero-order chi connectivity index (χ0) is 17.4. The highest BCUT2D eigenvalue weighted by atomic mass is 16.5.